The van der Waals surface area contributed by atoms with Gasteiger partial charge in [-0.05, 0) is 13.0 Å². The van der Waals surface area contributed by atoms with E-state index in [2.05, 4.69) is 19.9 Å². The summed E-state index contributed by atoms with van der Waals surface area (Å²) in [5.74, 6) is -0.778. The van der Waals surface area contributed by atoms with E-state index in [1.54, 1.807) is 6.92 Å². The molecule has 10 heteroatoms. The third-order valence-corrected chi connectivity index (χ3v) is 4.96. The lowest BCUT2D eigenvalue weighted by atomic mass is 10.4. The second-order valence-electron chi connectivity index (χ2n) is 3.59. The van der Waals surface area contributed by atoms with Crippen LogP contribution in [0.2, 0.25) is 0 Å². The molecular formula is C9H10N4O4S2. The number of aromatic carboxylic acids is 1. The Morgan fingerprint density at radius 1 is 1.58 bits per heavy atom. The number of carbonyl (C=O) groups is 1. The summed E-state index contributed by atoms with van der Waals surface area (Å²) in [6.45, 7) is 1.51. The molecule has 0 atom stereocenters. The van der Waals surface area contributed by atoms with E-state index in [0.717, 1.165) is 17.4 Å². The maximum Gasteiger partial charge on any atom is 0.345 e. The van der Waals surface area contributed by atoms with Crippen molar-refractivity contribution in [1.82, 2.24) is 19.9 Å². The SMILES string of the molecule is Cc1sc(C(=O)O)cc1S(=O)(=O)NCc1ncn[nH]1. The Morgan fingerprint density at radius 2 is 2.32 bits per heavy atom. The molecule has 2 rings (SSSR count). The van der Waals surface area contributed by atoms with Crippen molar-refractivity contribution in [1.29, 1.82) is 0 Å². The van der Waals surface area contributed by atoms with Crippen LogP contribution >= 0.6 is 11.3 Å². The number of aromatic amines is 1. The van der Waals surface area contributed by atoms with E-state index in [4.69, 9.17) is 5.11 Å². The molecule has 0 aliphatic rings. The molecule has 0 unspecified atom stereocenters. The van der Waals surface area contributed by atoms with Crippen molar-refractivity contribution in [2.45, 2.75) is 18.4 Å². The molecule has 0 saturated carbocycles. The molecule has 0 fully saturated rings. The van der Waals surface area contributed by atoms with E-state index in [-0.39, 0.29) is 16.3 Å². The summed E-state index contributed by atoms with van der Waals surface area (Å²) in [5.41, 5.74) is 0. The van der Waals surface area contributed by atoms with Crippen LogP contribution in [0.4, 0.5) is 0 Å². The number of H-pyrrole nitrogens is 1. The lowest BCUT2D eigenvalue weighted by molar-refractivity contribution is 0.0702. The summed E-state index contributed by atoms with van der Waals surface area (Å²) in [7, 11) is -3.77. The number of carboxylic acids is 1. The molecule has 102 valence electrons. The summed E-state index contributed by atoms with van der Waals surface area (Å²) < 4.78 is 26.4. The Bertz CT molecular complexity index is 690. The highest BCUT2D eigenvalue weighted by Gasteiger charge is 2.22. The van der Waals surface area contributed by atoms with Gasteiger partial charge in [-0.2, -0.15) is 5.10 Å². The van der Waals surface area contributed by atoms with Crippen LogP contribution in [-0.2, 0) is 16.6 Å². The van der Waals surface area contributed by atoms with E-state index < -0.39 is 16.0 Å². The second kappa shape index (κ2) is 5.07. The Labute approximate surface area is 112 Å². The fourth-order valence-corrected chi connectivity index (χ4v) is 3.81. The standard InChI is InChI=1S/C9H10N4O4S2/c1-5-7(2-6(18-5)9(14)15)19(16,17)12-3-8-10-4-11-13-8/h2,4,12H,3H2,1H3,(H,14,15)(H,10,11,13). The summed E-state index contributed by atoms with van der Waals surface area (Å²) in [4.78, 5) is 15.0. The number of sulfonamides is 1. The molecule has 0 aliphatic heterocycles. The van der Waals surface area contributed by atoms with Gasteiger partial charge in [0, 0.05) is 4.88 Å². The van der Waals surface area contributed by atoms with Crippen molar-refractivity contribution in [3.63, 3.8) is 0 Å². The zero-order valence-electron chi connectivity index (χ0n) is 9.74. The maximum atomic E-state index is 12.0. The molecule has 2 aromatic rings. The van der Waals surface area contributed by atoms with E-state index >= 15 is 0 Å². The van der Waals surface area contributed by atoms with Crippen molar-refractivity contribution in [3.8, 4) is 0 Å². The number of nitrogens with one attached hydrogen (secondary N) is 2. The van der Waals surface area contributed by atoms with Crippen LogP contribution in [0.1, 0.15) is 20.4 Å². The number of aromatic nitrogens is 3. The molecule has 0 saturated heterocycles. The van der Waals surface area contributed by atoms with Crippen LogP contribution in [0.15, 0.2) is 17.3 Å². The topological polar surface area (TPSA) is 125 Å². The second-order valence-corrected chi connectivity index (χ2v) is 6.58. The Kier molecular flexibility index (Phi) is 3.64. The smallest absolute Gasteiger partial charge is 0.345 e. The minimum absolute atomic E-state index is 0.0162. The molecule has 2 aromatic heterocycles. The van der Waals surface area contributed by atoms with Crippen LogP contribution in [0.3, 0.4) is 0 Å². The van der Waals surface area contributed by atoms with Crippen molar-refractivity contribution in [2.75, 3.05) is 0 Å². The van der Waals surface area contributed by atoms with Gasteiger partial charge in [0.2, 0.25) is 10.0 Å². The molecule has 0 amide bonds. The maximum absolute atomic E-state index is 12.0. The van der Waals surface area contributed by atoms with Crippen LogP contribution < -0.4 is 4.72 Å². The summed E-state index contributed by atoms with van der Waals surface area (Å²) in [6, 6.07) is 1.14. The quantitative estimate of drug-likeness (QED) is 0.732. The minimum atomic E-state index is -3.77. The molecule has 3 N–H and O–H groups in total. The van der Waals surface area contributed by atoms with Gasteiger partial charge < -0.3 is 5.11 Å². The number of thiophene rings is 1. The van der Waals surface area contributed by atoms with Gasteiger partial charge in [-0.3, -0.25) is 5.10 Å². The normalized spacial score (nSPS) is 11.6. The van der Waals surface area contributed by atoms with Gasteiger partial charge in [0.1, 0.15) is 17.0 Å². The highest BCUT2D eigenvalue weighted by atomic mass is 32.2. The number of rotatable bonds is 5. The van der Waals surface area contributed by atoms with Gasteiger partial charge in [-0.25, -0.2) is 22.9 Å². The number of carboxylic acid groups (broad SMARTS) is 1. The van der Waals surface area contributed by atoms with Crippen molar-refractivity contribution in [2.24, 2.45) is 0 Å². The molecule has 0 bridgehead atoms. The zero-order chi connectivity index (χ0) is 14.0. The van der Waals surface area contributed by atoms with E-state index in [1.807, 2.05) is 0 Å². The largest absolute Gasteiger partial charge is 0.477 e. The van der Waals surface area contributed by atoms with Gasteiger partial charge in [-0.1, -0.05) is 0 Å². The monoisotopic (exact) mass is 302 g/mol. The number of hydrogen-bond acceptors (Lipinski definition) is 6. The van der Waals surface area contributed by atoms with Crippen LogP contribution in [0.25, 0.3) is 0 Å². The van der Waals surface area contributed by atoms with Crippen molar-refractivity contribution in [3.05, 3.63) is 28.0 Å². The lowest BCUT2D eigenvalue weighted by Gasteiger charge is -2.03. The van der Waals surface area contributed by atoms with Crippen LogP contribution in [-0.4, -0.2) is 34.7 Å². The molecule has 2 heterocycles. The summed E-state index contributed by atoms with van der Waals surface area (Å²) in [5, 5.41) is 15.0. The molecule has 0 aliphatic carbocycles. The van der Waals surface area contributed by atoms with Gasteiger partial charge in [0.15, 0.2) is 0 Å². The van der Waals surface area contributed by atoms with E-state index in [1.165, 1.54) is 6.33 Å². The molecule has 0 radical (unpaired) electrons. The van der Waals surface area contributed by atoms with Gasteiger partial charge >= 0.3 is 5.97 Å². The predicted octanol–water partition coefficient (Wildman–Crippen LogP) is 0.351. The minimum Gasteiger partial charge on any atom is -0.477 e. The number of aryl methyl sites for hydroxylation is 1. The van der Waals surface area contributed by atoms with Gasteiger partial charge in [0.05, 0.1) is 11.4 Å². The van der Waals surface area contributed by atoms with E-state index in [0.29, 0.717) is 10.7 Å². The first-order valence-electron chi connectivity index (χ1n) is 5.08. The Morgan fingerprint density at radius 3 is 2.84 bits per heavy atom. The first kappa shape index (κ1) is 13.6. The summed E-state index contributed by atoms with van der Waals surface area (Å²) in [6.07, 6.45) is 1.27. The predicted molar refractivity (Wildman–Crippen MR) is 66.4 cm³/mol. The Hall–Kier alpha value is -1.78. The molecule has 19 heavy (non-hydrogen) atoms. The fourth-order valence-electron chi connectivity index (χ4n) is 1.39. The van der Waals surface area contributed by atoms with E-state index in [9.17, 15) is 13.2 Å². The highest BCUT2D eigenvalue weighted by Crippen LogP contribution is 2.25. The third-order valence-electron chi connectivity index (χ3n) is 2.27. The van der Waals surface area contributed by atoms with Crippen LogP contribution in [0, 0.1) is 6.92 Å². The Balaban J connectivity index is 2.22. The fraction of sp³-hybridized carbons (Fsp3) is 0.222. The zero-order valence-corrected chi connectivity index (χ0v) is 11.4. The third kappa shape index (κ3) is 2.97. The van der Waals surface area contributed by atoms with Crippen molar-refractivity contribution >= 4 is 27.3 Å². The summed E-state index contributed by atoms with van der Waals surface area (Å²) >= 11 is 0.918. The number of nitrogens with zero attached hydrogens (tertiary/aromatic N) is 2. The highest BCUT2D eigenvalue weighted by molar-refractivity contribution is 7.89. The first-order valence-corrected chi connectivity index (χ1v) is 7.38. The average Bonchev–Trinajstić information content (AvgIpc) is 2.95. The van der Waals surface area contributed by atoms with Gasteiger partial charge in [0.25, 0.3) is 0 Å². The number of hydrogen-bond donors (Lipinski definition) is 3. The molecule has 0 spiro atoms. The molecule has 0 aromatic carbocycles. The van der Waals surface area contributed by atoms with Crippen LogP contribution in [0.5, 0.6) is 0 Å². The van der Waals surface area contributed by atoms with Crippen molar-refractivity contribution < 1.29 is 18.3 Å². The lowest BCUT2D eigenvalue weighted by Crippen LogP contribution is -2.24. The van der Waals surface area contributed by atoms with Gasteiger partial charge in [-0.15, -0.1) is 11.3 Å². The average molecular weight is 302 g/mol. The first-order chi connectivity index (χ1) is 8.90. The molecule has 8 nitrogen and oxygen atoms in total. The molecular weight excluding hydrogens is 292 g/mol.